The van der Waals surface area contributed by atoms with Gasteiger partial charge in [0.1, 0.15) is 17.3 Å². The minimum atomic E-state index is -0.215. The second kappa shape index (κ2) is 8.09. The van der Waals surface area contributed by atoms with Crippen molar-refractivity contribution < 1.29 is 14.3 Å². The number of hydrogen-bond acceptors (Lipinski definition) is 5. The number of aryl methyl sites for hydroxylation is 1. The molecular formula is C20H24N4O3. The molecule has 0 bridgehead atoms. The van der Waals surface area contributed by atoms with E-state index < -0.39 is 0 Å². The molecule has 0 saturated carbocycles. The summed E-state index contributed by atoms with van der Waals surface area (Å²) < 4.78 is 10.4. The highest BCUT2D eigenvalue weighted by molar-refractivity contribution is 6.08. The average molecular weight is 368 g/mol. The van der Waals surface area contributed by atoms with Crippen molar-refractivity contribution in [1.82, 2.24) is 9.97 Å². The van der Waals surface area contributed by atoms with Crippen molar-refractivity contribution in [2.75, 3.05) is 44.6 Å². The number of rotatable bonds is 7. The molecule has 1 aromatic carbocycles. The third-order valence-electron chi connectivity index (χ3n) is 4.53. The van der Waals surface area contributed by atoms with E-state index in [0.717, 1.165) is 28.8 Å². The number of para-hydroxylation sites is 1. The summed E-state index contributed by atoms with van der Waals surface area (Å²) in [5.74, 6) is 1.31. The first-order chi connectivity index (χ1) is 13.0. The molecule has 0 radical (unpaired) electrons. The summed E-state index contributed by atoms with van der Waals surface area (Å²) >= 11 is 0. The van der Waals surface area contributed by atoms with Crippen LogP contribution in [0.5, 0.6) is 5.75 Å². The molecule has 3 rings (SSSR count). The van der Waals surface area contributed by atoms with Gasteiger partial charge in [0, 0.05) is 26.1 Å². The number of fused-ring (bicyclic) bond motifs is 1. The van der Waals surface area contributed by atoms with Crippen LogP contribution in [0.1, 0.15) is 16.1 Å². The van der Waals surface area contributed by atoms with E-state index >= 15 is 0 Å². The fourth-order valence-corrected chi connectivity index (χ4v) is 2.95. The predicted molar refractivity (Wildman–Crippen MR) is 107 cm³/mol. The number of anilines is 2. The number of H-pyrrole nitrogens is 1. The molecule has 142 valence electrons. The van der Waals surface area contributed by atoms with E-state index in [1.54, 1.807) is 20.4 Å². The van der Waals surface area contributed by atoms with Crippen molar-refractivity contribution in [2.45, 2.75) is 6.92 Å². The molecule has 0 aliphatic rings. The molecular weight excluding hydrogens is 344 g/mol. The standard InChI is InChI=1S/C20H24N4O3/c1-13-15-6-5-7-16(27-4)19(15)23-18(13)20(25)22-14-8-9-17(21-12-14)24(2)10-11-26-3/h5-9,12,23H,10-11H2,1-4H3,(H,22,25). The third kappa shape index (κ3) is 3.88. The summed E-state index contributed by atoms with van der Waals surface area (Å²) in [7, 11) is 5.23. The molecule has 2 N–H and O–H groups in total. The smallest absolute Gasteiger partial charge is 0.272 e. The Bertz CT molecular complexity index is 934. The summed E-state index contributed by atoms with van der Waals surface area (Å²) in [4.78, 5) is 22.3. The topological polar surface area (TPSA) is 79.5 Å². The number of nitrogens with one attached hydrogen (secondary N) is 2. The lowest BCUT2D eigenvalue weighted by Gasteiger charge is -2.17. The Balaban J connectivity index is 1.77. The Morgan fingerprint density at radius 1 is 1.26 bits per heavy atom. The number of carbonyl (C=O) groups excluding carboxylic acids is 1. The molecule has 0 unspecified atom stereocenters. The Labute approximate surface area is 158 Å². The molecule has 0 atom stereocenters. The van der Waals surface area contributed by atoms with Crippen LogP contribution in [0.3, 0.4) is 0 Å². The van der Waals surface area contributed by atoms with Gasteiger partial charge in [-0.1, -0.05) is 12.1 Å². The summed E-state index contributed by atoms with van der Waals surface area (Å²) in [6, 6.07) is 9.44. The van der Waals surface area contributed by atoms with Gasteiger partial charge in [-0.05, 0) is 30.7 Å². The van der Waals surface area contributed by atoms with Crippen LogP contribution in [0, 0.1) is 6.92 Å². The highest BCUT2D eigenvalue weighted by Crippen LogP contribution is 2.29. The zero-order valence-electron chi connectivity index (χ0n) is 16.0. The Morgan fingerprint density at radius 2 is 2.07 bits per heavy atom. The third-order valence-corrected chi connectivity index (χ3v) is 4.53. The van der Waals surface area contributed by atoms with Gasteiger partial charge in [-0.25, -0.2) is 4.98 Å². The number of aromatic amines is 1. The maximum Gasteiger partial charge on any atom is 0.272 e. The molecule has 27 heavy (non-hydrogen) atoms. The molecule has 3 aromatic rings. The largest absolute Gasteiger partial charge is 0.495 e. The second-order valence-corrected chi connectivity index (χ2v) is 6.28. The molecule has 7 heteroatoms. The number of carbonyl (C=O) groups is 1. The predicted octanol–water partition coefficient (Wildman–Crippen LogP) is 3.21. The van der Waals surface area contributed by atoms with E-state index in [2.05, 4.69) is 15.3 Å². The van der Waals surface area contributed by atoms with Gasteiger partial charge < -0.3 is 24.7 Å². The number of likely N-dealkylation sites (N-methyl/N-ethyl adjacent to an activating group) is 1. The van der Waals surface area contributed by atoms with Crippen molar-refractivity contribution in [3.8, 4) is 5.75 Å². The first kappa shape index (κ1) is 18.7. The normalized spacial score (nSPS) is 10.8. The van der Waals surface area contributed by atoms with Gasteiger partial charge in [0.2, 0.25) is 0 Å². The molecule has 2 heterocycles. The van der Waals surface area contributed by atoms with E-state index in [1.807, 2.05) is 49.2 Å². The van der Waals surface area contributed by atoms with E-state index in [4.69, 9.17) is 9.47 Å². The van der Waals surface area contributed by atoms with Crippen LogP contribution in [0.15, 0.2) is 36.5 Å². The van der Waals surface area contributed by atoms with Crippen LogP contribution in [0.25, 0.3) is 10.9 Å². The molecule has 7 nitrogen and oxygen atoms in total. The summed E-state index contributed by atoms with van der Waals surface area (Å²) in [6.45, 7) is 3.28. The quantitative estimate of drug-likeness (QED) is 0.669. The van der Waals surface area contributed by atoms with Gasteiger partial charge in [0.15, 0.2) is 0 Å². The fraction of sp³-hybridized carbons (Fsp3) is 0.300. The second-order valence-electron chi connectivity index (χ2n) is 6.28. The summed E-state index contributed by atoms with van der Waals surface area (Å²) in [6.07, 6.45) is 1.65. The van der Waals surface area contributed by atoms with Crippen molar-refractivity contribution in [3.63, 3.8) is 0 Å². The Kier molecular flexibility index (Phi) is 5.61. The van der Waals surface area contributed by atoms with Gasteiger partial charge in [-0.3, -0.25) is 4.79 Å². The number of amides is 1. The van der Waals surface area contributed by atoms with Gasteiger partial charge in [-0.2, -0.15) is 0 Å². The molecule has 0 aliphatic carbocycles. The molecule has 2 aromatic heterocycles. The maximum atomic E-state index is 12.7. The Hall–Kier alpha value is -3.06. The van der Waals surface area contributed by atoms with E-state index in [0.29, 0.717) is 23.7 Å². The van der Waals surface area contributed by atoms with Gasteiger partial charge in [0.05, 0.1) is 31.1 Å². The van der Waals surface area contributed by atoms with Crippen LogP contribution in [-0.2, 0) is 4.74 Å². The van der Waals surface area contributed by atoms with Crippen molar-refractivity contribution >= 4 is 28.3 Å². The molecule has 0 saturated heterocycles. The minimum Gasteiger partial charge on any atom is -0.495 e. The lowest BCUT2D eigenvalue weighted by Crippen LogP contribution is -2.23. The minimum absolute atomic E-state index is 0.215. The number of methoxy groups -OCH3 is 2. The monoisotopic (exact) mass is 368 g/mol. The summed E-state index contributed by atoms with van der Waals surface area (Å²) in [5.41, 5.74) is 2.84. The molecule has 0 fully saturated rings. The first-order valence-corrected chi connectivity index (χ1v) is 8.68. The van der Waals surface area contributed by atoms with Crippen LogP contribution in [0.2, 0.25) is 0 Å². The number of benzene rings is 1. The molecule has 1 amide bonds. The van der Waals surface area contributed by atoms with Crippen molar-refractivity contribution in [3.05, 3.63) is 47.8 Å². The van der Waals surface area contributed by atoms with Gasteiger partial charge in [0.25, 0.3) is 5.91 Å². The highest BCUT2D eigenvalue weighted by Gasteiger charge is 2.17. The van der Waals surface area contributed by atoms with Crippen molar-refractivity contribution in [2.24, 2.45) is 0 Å². The van der Waals surface area contributed by atoms with Gasteiger partial charge in [-0.15, -0.1) is 0 Å². The number of nitrogens with zero attached hydrogens (tertiary/aromatic N) is 2. The van der Waals surface area contributed by atoms with Crippen LogP contribution in [0.4, 0.5) is 11.5 Å². The van der Waals surface area contributed by atoms with E-state index in [-0.39, 0.29) is 5.91 Å². The average Bonchev–Trinajstić information content (AvgIpc) is 3.03. The number of pyridine rings is 1. The first-order valence-electron chi connectivity index (χ1n) is 8.68. The maximum absolute atomic E-state index is 12.7. The van der Waals surface area contributed by atoms with Crippen molar-refractivity contribution in [1.29, 1.82) is 0 Å². The lowest BCUT2D eigenvalue weighted by molar-refractivity contribution is 0.102. The zero-order valence-corrected chi connectivity index (χ0v) is 16.0. The number of aromatic nitrogens is 2. The lowest BCUT2D eigenvalue weighted by atomic mass is 10.1. The summed E-state index contributed by atoms with van der Waals surface area (Å²) in [5, 5.41) is 3.86. The Morgan fingerprint density at radius 3 is 2.74 bits per heavy atom. The van der Waals surface area contributed by atoms with E-state index in [1.165, 1.54) is 0 Å². The molecule has 0 aliphatic heterocycles. The van der Waals surface area contributed by atoms with Crippen LogP contribution >= 0.6 is 0 Å². The van der Waals surface area contributed by atoms with Crippen LogP contribution < -0.4 is 15.0 Å². The molecule has 0 spiro atoms. The van der Waals surface area contributed by atoms with Crippen LogP contribution in [-0.4, -0.2) is 50.3 Å². The van der Waals surface area contributed by atoms with Gasteiger partial charge >= 0.3 is 0 Å². The number of hydrogen-bond donors (Lipinski definition) is 2. The highest BCUT2D eigenvalue weighted by atomic mass is 16.5. The SMILES string of the molecule is COCCN(C)c1ccc(NC(=O)c2[nH]c3c(OC)cccc3c2C)cn1. The van der Waals surface area contributed by atoms with E-state index in [9.17, 15) is 4.79 Å². The fourth-order valence-electron chi connectivity index (χ4n) is 2.95. The zero-order chi connectivity index (χ0) is 19.4. The number of ether oxygens (including phenoxy) is 2.